The smallest absolute Gasteiger partial charge is 0.416 e. The van der Waals surface area contributed by atoms with E-state index in [9.17, 15) is 13.2 Å². The third-order valence-corrected chi connectivity index (χ3v) is 2.22. The van der Waals surface area contributed by atoms with Crippen molar-refractivity contribution in [3.8, 4) is 11.6 Å². The molecule has 0 saturated heterocycles. The number of nitrogens with zero attached hydrogens (tertiary/aromatic N) is 2. The van der Waals surface area contributed by atoms with Crippen LogP contribution in [0.3, 0.4) is 0 Å². The summed E-state index contributed by atoms with van der Waals surface area (Å²) in [6.07, 6.45) is -3.17. The molecule has 0 fully saturated rings. The van der Waals surface area contributed by atoms with E-state index in [2.05, 4.69) is 9.97 Å². The molecule has 0 unspecified atom stereocenters. The minimum atomic E-state index is -4.36. The number of hydrogen-bond donors (Lipinski definition) is 0. The molecule has 0 radical (unpaired) electrons. The Hall–Kier alpha value is -1.82. The summed E-state index contributed by atoms with van der Waals surface area (Å²) in [7, 11) is 0. The van der Waals surface area contributed by atoms with Crippen molar-refractivity contribution in [2.75, 3.05) is 0 Å². The first-order valence-corrected chi connectivity index (χ1v) is 5.15. The molecular weight excluding hydrogens is 269 g/mol. The van der Waals surface area contributed by atoms with Gasteiger partial charge in [0, 0.05) is 6.07 Å². The van der Waals surface area contributed by atoms with Crippen LogP contribution >= 0.6 is 11.6 Å². The maximum absolute atomic E-state index is 12.3. The van der Waals surface area contributed by atoms with E-state index >= 15 is 0 Å². The van der Waals surface area contributed by atoms with Crippen LogP contribution in [-0.4, -0.2) is 9.97 Å². The Morgan fingerprint density at radius 2 is 1.72 bits per heavy atom. The van der Waals surface area contributed by atoms with Crippen LogP contribution < -0.4 is 4.74 Å². The van der Waals surface area contributed by atoms with E-state index in [0.29, 0.717) is 0 Å². The lowest BCUT2D eigenvalue weighted by molar-refractivity contribution is -0.137. The van der Waals surface area contributed by atoms with Crippen molar-refractivity contribution in [1.82, 2.24) is 9.97 Å². The fourth-order valence-electron chi connectivity index (χ4n) is 1.21. The van der Waals surface area contributed by atoms with E-state index in [1.165, 1.54) is 24.5 Å². The van der Waals surface area contributed by atoms with E-state index in [0.717, 1.165) is 12.1 Å². The highest BCUT2D eigenvalue weighted by Crippen LogP contribution is 2.31. The van der Waals surface area contributed by atoms with E-state index in [1.54, 1.807) is 0 Å². The molecule has 1 aromatic carbocycles. The largest absolute Gasteiger partial charge is 0.439 e. The van der Waals surface area contributed by atoms with Crippen molar-refractivity contribution in [2.24, 2.45) is 0 Å². The molecule has 0 spiro atoms. The summed E-state index contributed by atoms with van der Waals surface area (Å²) in [6, 6.07) is 5.63. The molecule has 18 heavy (non-hydrogen) atoms. The average molecular weight is 275 g/mol. The maximum atomic E-state index is 12.3. The van der Waals surface area contributed by atoms with Crippen molar-refractivity contribution in [3.05, 3.63) is 47.4 Å². The topological polar surface area (TPSA) is 35.0 Å². The molecule has 0 aliphatic carbocycles. The zero-order valence-corrected chi connectivity index (χ0v) is 9.53. The van der Waals surface area contributed by atoms with E-state index in [-0.39, 0.29) is 16.8 Å². The lowest BCUT2D eigenvalue weighted by atomic mass is 10.2. The Morgan fingerprint density at radius 3 is 2.28 bits per heavy atom. The molecule has 0 saturated carbocycles. The first-order chi connectivity index (χ1) is 8.45. The second-order valence-corrected chi connectivity index (χ2v) is 3.69. The van der Waals surface area contributed by atoms with Crippen LogP contribution in [0, 0.1) is 0 Å². The highest BCUT2D eigenvalue weighted by molar-refractivity contribution is 6.29. The number of hydrogen-bond acceptors (Lipinski definition) is 3. The van der Waals surface area contributed by atoms with Gasteiger partial charge in [0.05, 0.1) is 5.56 Å². The number of benzene rings is 1. The van der Waals surface area contributed by atoms with Crippen molar-refractivity contribution >= 4 is 11.6 Å². The Kier molecular flexibility index (Phi) is 3.38. The van der Waals surface area contributed by atoms with Gasteiger partial charge in [-0.15, -0.1) is 0 Å². The molecule has 2 aromatic rings. The predicted octanol–water partition coefficient (Wildman–Crippen LogP) is 3.94. The van der Waals surface area contributed by atoms with E-state index < -0.39 is 11.7 Å². The van der Waals surface area contributed by atoms with Crippen molar-refractivity contribution in [1.29, 1.82) is 0 Å². The van der Waals surface area contributed by atoms with Crippen LogP contribution in [0.4, 0.5) is 13.2 Å². The maximum Gasteiger partial charge on any atom is 0.416 e. The third kappa shape index (κ3) is 3.10. The monoisotopic (exact) mass is 274 g/mol. The normalized spacial score (nSPS) is 11.3. The van der Waals surface area contributed by atoms with Crippen LogP contribution in [0.15, 0.2) is 36.7 Å². The number of aromatic nitrogens is 2. The number of rotatable bonds is 2. The SMILES string of the molecule is FC(F)(F)c1ccc(Oc2cc(Cl)ncn2)cc1. The van der Waals surface area contributed by atoms with Crippen molar-refractivity contribution in [3.63, 3.8) is 0 Å². The number of halogens is 4. The Bertz CT molecular complexity index is 543. The molecule has 0 aliphatic heterocycles. The quantitative estimate of drug-likeness (QED) is 0.778. The molecule has 0 N–H and O–H groups in total. The standard InChI is InChI=1S/C11H6ClF3N2O/c12-9-5-10(17-6-16-9)18-8-3-1-7(2-4-8)11(13,14)15/h1-6H. The molecular formula is C11H6ClF3N2O. The van der Waals surface area contributed by atoms with Gasteiger partial charge in [-0.05, 0) is 24.3 Å². The summed E-state index contributed by atoms with van der Waals surface area (Å²) in [4.78, 5) is 7.42. The third-order valence-electron chi connectivity index (χ3n) is 2.01. The molecule has 2 rings (SSSR count). The average Bonchev–Trinajstić information content (AvgIpc) is 2.28. The zero-order chi connectivity index (χ0) is 13.2. The van der Waals surface area contributed by atoms with Crippen LogP contribution in [0.25, 0.3) is 0 Å². The zero-order valence-electron chi connectivity index (χ0n) is 8.78. The highest BCUT2D eigenvalue weighted by atomic mass is 35.5. The fourth-order valence-corrected chi connectivity index (χ4v) is 1.34. The minimum Gasteiger partial charge on any atom is -0.439 e. The minimum absolute atomic E-state index is 0.162. The summed E-state index contributed by atoms with van der Waals surface area (Å²) >= 11 is 5.62. The summed E-state index contributed by atoms with van der Waals surface area (Å²) in [5, 5.41) is 0.187. The van der Waals surface area contributed by atoms with Gasteiger partial charge < -0.3 is 4.74 Å². The van der Waals surface area contributed by atoms with Gasteiger partial charge in [0.15, 0.2) is 0 Å². The van der Waals surface area contributed by atoms with Gasteiger partial charge in [0.1, 0.15) is 17.2 Å². The first kappa shape index (κ1) is 12.6. The second-order valence-electron chi connectivity index (χ2n) is 3.30. The molecule has 0 aliphatic rings. The molecule has 1 heterocycles. The summed E-state index contributed by atoms with van der Waals surface area (Å²) in [5.41, 5.74) is -0.740. The van der Waals surface area contributed by atoms with E-state index in [4.69, 9.17) is 16.3 Å². The lowest BCUT2D eigenvalue weighted by Gasteiger charge is -2.08. The molecule has 94 valence electrons. The summed E-state index contributed by atoms with van der Waals surface area (Å²) in [5.74, 6) is 0.396. The van der Waals surface area contributed by atoms with Crippen molar-refractivity contribution < 1.29 is 17.9 Å². The van der Waals surface area contributed by atoms with E-state index in [1.807, 2.05) is 0 Å². The van der Waals surface area contributed by atoms with Gasteiger partial charge in [0.25, 0.3) is 0 Å². The van der Waals surface area contributed by atoms with Crippen LogP contribution in [0.5, 0.6) is 11.6 Å². The Labute approximate surface area is 105 Å². The van der Waals surface area contributed by atoms with Crippen LogP contribution in [0.1, 0.15) is 5.56 Å². The summed E-state index contributed by atoms with van der Waals surface area (Å²) < 4.78 is 42.2. The molecule has 1 aromatic heterocycles. The predicted molar refractivity (Wildman–Crippen MR) is 58.6 cm³/mol. The van der Waals surface area contributed by atoms with Crippen molar-refractivity contribution in [2.45, 2.75) is 6.18 Å². The molecule has 0 bridgehead atoms. The Morgan fingerprint density at radius 1 is 1.06 bits per heavy atom. The molecule has 0 atom stereocenters. The second kappa shape index (κ2) is 4.81. The Balaban J connectivity index is 2.16. The number of alkyl halides is 3. The molecule has 7 heteroatoms. The van der Waals surface area contributed by atoms with Gasteiger partial charge in [-0.1, -0.05) is 11.6 Å². The molecule has 3 nitrogen and oxygen atoms in total. The number of ether oxygens (including phenoxy) is 1. The fraction of sp³-hybridized carbons (Fsp3) is 0.0909. The van der Waals surface area contributed by atoms with Gasteiger partial charge >= 0.3 is 6.18 Å². The summed E-state index contributed by atoms with van der Waals surface area (Å²) in [6.45, 7) is 0. The van der Waals surface area contributed by atoms with Gasteiger partial charge in [-0.2, -0.15) is 13.2 Å². The highest BCUT2D eigenvalue weighted by Gasteiger charge is 2.30. The van der Waals surface area contributed by atoms with Crippen LogP contribution in [-0.2, 0) is 6.18 Å². The molecule has 0 amide bonds. The van der Waals surface area contributed by atoms with Gasteiger partial charge in [0.2, 0.25) is 5.88 Å². The van der Waals surface area contributed by atoms with Gasteiger partial charge in [-0.3, -0.25) is 0 Å². The first-order valence-electron chi connectivity index (χ1n) is 4.78. The van der Waals surface area contributed by atoms with Gasteiger partial charge in [-0.25, -0.2) is 9.97 Å². The van der Waals surface area contributed by atoms with Crippen LogP contribution in [0.2, 0.25) is 5.15 Å². The lowest BCUT2D eigenvalue weighted by Crippen LogP contribution is -2.04.